The predicted octanol–water partition coefficient (Wildman–Crippen LogP) is 3.80. The molecule has 0 radical (unpaired) electrons. The lowest BCUT2D eigenvalue weighted by Gasteiger charge is -2.36. The van der Waals surface area contributed by atoms with Crippen molar-refractivity contribution in [2.75, 3.05) is 31.5 Å². The second kappa shape index (κ2) is 10.0. The van der Waals surface area contributed by atoms with Gasteiger partial charge in [-0.05, 0) is 43.7 Å². The van der Waals surface area contributed by atoms with Gasteiger partial charge in [0.1, 0.15) is 6.04 Å². The molecule has 3 rings (SSSR count). The van der Waals surface area contributed by atoms with E-state index < -0.39 is 11.9 Å². The molecule has 31 heavy (non-hydrogen) atoms. The molecule has 0 saturated carbocycles. The number of hydrogen-bond donors (Lipinski definition) is 2. The van der Waals surface area contributed by atoms with Crippen molar-refractivity contribution >= 4 is 46.7 Å². The maximum atomic E-state index is 12.8. The molecule has 9 heteroatoms. The molecule has 7 nitrogen and oxygen atoms in total. The number of carbonyl (C=O) groups is 3. The maximum Gasteiger partial charge on any atom is 0.321 e. The number of urea groups is 1. The van der Waals surface area contributed by atoms with Crippen LogP contribution in [0.5, 0.6) is 0 Å². The van der Waals surface area contributed by atoms with Crippen molar-refractivity contribution < 1.29 is 14.4 Å². The number of carbonyl (C=O) groups excluding carboxylic acids is 3. The van der Waals surface area contributed by atoms with Gasteiger partial charge in [-0.15, -0.1) is 0 Å². The number of hydrogen-bond acceptors (Lipinski definition) is 3. The van der Waals surface area contributed by atoms with E-state index in [0.717, 1.165) is 11.3 Å². The molecule has 1 aliphatic heterocycles. The Hall–Kier alpha value is -2.77. The number of amides is 4. The fraction of sp³-hybridized carbons (Fsp3) is 0.318. The molecular formula is C22H24Cl2N4O3. The Labute approximate surface area is 191 Å². The third kappa shape index (κ3) is 5.68. The molecule has 1 aliphatic rings. The van der Waals surface area contributed by atoms with Crippen LogP contribution >= 0.6 is 23.2 Å². The molecule has 1 heterocycles. The van der Waals surface area contributed by atoms with Crippen LogP contribution in [0.1, 0.15) is 22.8 Å². The molecule has 1 unspecified atom stereocenters. The fourth-order valence-corrected chi connectivity index (χ4v) is 3.73. The van der Waals surface area contributed by atoms with Gasteiger partial charge in [0.15, 0.2) is 0 Å². The van der Waals surface area contributed by atoms with E-state index in [1.807, 2.05) is 31.2 Å². The predicted molar refractivity (Wildman–Crippen MR) is 122 cm³/mol. The SMILES string of the molecule is Cc1cccc(NC(=O)N2CCN(C(=O)C(C)NC(=O)c3cccc(Cl)c3Cl)CC2)c1. The van der Waals surface area contributed by atoms with Gasteiger partial charge in [-0.1, -0.05) is 41.4 Å². The van der Waals surface area contributed by atoms with Crippen LogP contribution in [-0.4, -0.2) is 59.9 Å². The van der Waals surface area contributed by atoms with Crippen LogP contribution in [0.2, 0.25) is 10.0 Å². The van der Waals surface area contributed by atoms with Crippen molar-refractivity contribution in [3.05, 3.63) is 63.6 Å². The van der Waals surface area contributed by atoms with Gasteiger partial charge >= 0.3 is 6.03 Å². The number of benzene rings is 2. The first-order valence-corrected chi connectivity index (χ1v) is 10.7. The Balaban J connectivity index is 1.51. The molecule has 4 amide bonds. The lowest BCUT2D eigenvalue weighted by molar-refractivity contribution is -0.134. The summed E-state index contributed by atoms with van der Waals surface area (Å²) in [5.74, 6) is -0.685. The van der Waals surface area contributed by atoms with Crippen LogP contribution in [-0.2, 0) is 4.79 Å². The van der Waals surface area contributed by atoms with Gasteiger partial charge in [-0.3, -0.25) is 9.59 Å². The second-order valence-electron chi connectivity index (χ2n) is 7.41. The molecular weight excluding hydrogens is 439 g/mol. The number of nitrogens with zero attached hydrogens (tertiary/aromatic N) is 2. The van der Waals surface area contributed by atoms with Crippen molar-refractivity contribution in [1.82, 2.24) is 15.1 Å². The summed E-state index contributed by atoms with van der Waals surface area (Å²) in [6.45, 7) is 5.17. The number of rotatable bonds is 4. The fourth-order valence-electron chi connectivity index (χ4n) is 3.34. The van der Waals surface area contributed by atoms with Gasteiger partial charge < -0.3 is 20.4 Å². The molecule has 164 valence electrons. The van der Waals surface area contributed by atoms with E-state index >= 15 is 0 Å². The van der Waals surface area contributed by atoms with Crippen LogP contribution in [0.15, 0.2) is 42.5 Å². The van der Waals surface area contributed by atoms with Gasteiger partial charge in [0.05, 0.1) is 15.6 Å². The van der Waals surface area contributed by atoms with Crippen LogP contribution in [0.25, 0.3) is 0 Å². The molecule has 1 saturated heterocycles. The maximum absolute atomic E-state index is 12.8. The first-order chi connectivity index (χ1) is 14.8. The van der Waals surface area contributed by atoms with Crippen LogP contribution < -0.4 is 10.6 Å². The minimum absolute atomic E-state index is 0.148. The van der Waals surface area contributed by atoms with Gasteiger partial charge in [-0.25, -0.2) is 4.79 Å². The number of halogens is 2. The minimum Gasteiger partial charge on any atom is -0.340 e. The zero-order valence-corrected chi connectivity index (χ0v) is 18.8. The van der Waals surface area contributed by atoms with E-state index in [1.165, 1.54) is 0 Å². The molecule has 2 aromatic rings. The molecule has 2 N–H and O–H groups in total. The standard InChI is InChI=1S/C22H24Cl2N4O3/c1-14-5-3-6-16(13-14)26-22(31)28-11-9-27(10-12-28)21(30)15(2)25-20(29)17-7-4-8-18(23)19(17)24/h3-8,13,15H,9-12H2,1-2H3,(H,25,29)(H,26,31). The Morgan fingerprint density at radius 1 is 0.968 bits per heavy atom. The van der Waals surface area contributed by atoms with Crippen LogP contribution in [0, 0.1) is 6.92 Å². The smallest absolute Gasteiger partial charge is 0.321 e. The third-order valence-corrected chi connectivity index (χ3v) is 5.88. The zero-order valence-electron chi connectivity index (χ0n) is 17.3. The van der Waals surface area contributed by atoms with Crippen molar-refractivity contribution in [1.29, 1.82) is 0 Å². The van der Waals surface area contributed by atoms with Gasteiger partial charge in [0.2, 0.25) is 5.91 Å². The summed E-state index contributed by atoms with van der Waals surface area (Å²) in [5.41, 5.74) is 2.01. The van der Waals surface area contributed by atoms with Gasteiger partial charge in [0, 0.05) is 31.9 Å². The molecule has 0 aromatic heterocycles. The van der Waals surface area contributed by atoms with Crippen LogP contribution in [0.3, 0.4) is 0 Å². The second-order valence-corrected chi connectivity index (χ2v) is 8.19. The number of aryl methyl sites for hydroxylation is 1. The van der Waals surface area contributed by atoms with E-state index in [9.17, 15) is 14.4 Å². The summed E-state index contributed by atoms with van der Waals surface area (Å²) in [6, 6.07) is 11.4. The van der Waals surface area contributed by atoms with E-state index in [-0.39, 0.29) is 27.5 Å². The monoisotopic (exact) mass is 462 g/mol. The largest absolute Gasteiger partial charge is 0.340 e. The summed E-state index contributed by atoms with van der Waals surface area (Å²) in [5, 5.41) is 5.96. The quantitative estimate of drug-likeness (QED) is 0.724. The van der Waals surface area contributed by atoms with E-state index in [1.54, 1.807) is 34.9 Å². The molecule has 1 fully saturated rings. The molecule has 1 atom stereocenters. The molecule has 0 spiro atoms. The third-order valence-electron chi connectivity index (χ3n) is 5.06. The Bertz CT molecular complexity index is 990. The Kier molecular flexibility index (Phi) is 7.41. The normalized spacial score (nSPS) is 14.7. The van der Waals surface area contributed by atoms with E-state index in [2.05, 4.69) is 10.6 Å². The van der Waals surface area contributed by atoms with Crippen molar-refractivity contribution in [2.24, 2.45) is 0 Å². The minimum atomic E-state index is -0.741. The summed E-state index contributed by atoms with van der Waals surface area (Å²) in [7, 11) is 0. The molecule has 2 aromatic carbocycles. The zero-order chi connectivity index (χ0) is 22.5. The summed E-state index contributed by atoms with van der Waals surface area (Å²) >= 11 is 12.0. The molecule has 0 bridgehead atoms. The van der Waals surface area contributed by atoms with Crippen molar-refractivity contribution in [2.45, 2.75) is 19.9 Å². The van der Waals surface area contributed by atoms with E-state index in [4.69, 9.17) is 23.2 Å². The summed E-state index contributed by atoms with van der Waals surface area (Å²) < 4.78 is 0. The Morgan fingerprint density at radius 2 is 1.61 bits per heavy atom. The first-order valence-electron chi connectivity index (χ1n) is 9.92. The lowest BCUT2D eigenvalue weighted by atomic mass is 10.2. The average molecular weight is 463 g/mol. The highest BCUT2D eigenvalue weighted by molar-refractivity contribution is 6.43. The van der Waals surface area contributed by atoms with Crippen molar-refractivity contribution in [3.8, 4) is 0 Å². The average Bonchev–Trinajstić information content (AvgIpc) is 2.75. The number of anilines is 1. The van der Waals surface area contributed by atoms with E-state index in [0.29, 0.717) is 26.2 Å². The summed E-state index contributed by atoms with van der Waals surface area (Å²) in [4.78, 5) is 41.0. The topological polar surface area (TPSA) is 81.8 Å². The summed E-state index contributed by atoms with van der Waals surface area (Å²) in [6.07, 6.45) is 0. The van der Waals surface area contributed by atoms with Crippen LogP contribution in [0.4, 0.5) is 10.5 Å². The highest BCUT2D eigenvalue weighted by Gasteiger charge is 2.28. The highest BCUT2D eigenvalue weighted by Crippen LogP contribution is 2.25. The molecule has 0 aliphatic carbocycles. The lowest BCUT2D eigenvalue weighted by Crippen LogP contribution is -2.55. The highest BCUT2D eigenvalue weighted by atomic mass is 35.5. The first kappa shape index (κ1) is 22.9. The number of nitrogens with one attached hydrogen (secondary N) is 2. The van der Waals surface area contributed by atoms with Gasteiger partial charge in [0.25, 0.3) is 5.91 Å². The number of piperazine rings is 1. The Morgan fingerprint density at radius 3 is 2.29 bits per heavy atom. The van der Waals surface area contributed by atoms with Crippen molar-refractivity contribution in [3.63, 3.8) is 0 Å². The van der Waals surface area contributed by atoms with Gasteiger partial charge in [-0.2, -0.15) is 0 Å².